The summed E-state index contributed by atoms with van der Waals surface area (Å²) in [4.78, 5) is 36.9. The highest BCUT2D eigenvalue weighted by Gasteiger charge is 2.50. The van der Waals surface area contributed by atoms with E-state index in [1.165, 1.54) is 6.92 Å². The number of nitrogens with zero attached hydrogens (tertiary/aromatic N) is 1. The van der Waals surface area contributed by atoms with Gasteiger partial charge in [0, 0.05) is 11.6 Å². The third-order valence-corrected chi connectivity index (χ3v) is 3.49. The Kier molecular flexibility index (Phi) is 4.35. The van der Waals surface area contributed by atoms with Gasteiger partial charge in [0.15, 0.2) is 0 Å². The Morgan fingerprint density at radius 1 is 1.35 bits per heavy atom. The Morgan fingerprint density at radius 2 is 2.00 bits per heavy atom. The number of urea groups is 1. The van der Waals surface area contributed by atoms with Crippen LogP contribution in [-0.4, -0.2) is 35.3 Å². The summed E-state index contributed by atoms with van der Waals surface area (Å²) >= 11 is 0. The highest BCUT2D eigenvalue weighted by atomic mass is 19.1. The minimum Gasteiger partial charge on any atom is -0.352 e. The molecular weight excluding hydrogens is 308 g/mol. The van der Waals surface area contributed by atoms with E-state index in [2.05, 4.69) is 10.6 Å². The summed E-state index contributed by atoms with van der Waals surface area (Å²) in [7, 11) is 0. The number of halogens is 2. The van der Waals surface area contributed by atoms with Gasteiger partial charge in [0.2, 0.25) is 5.91 Å². The molecule has 124 valence electrons. The standard InChI is InChI=1S/C15H17F2N3O3/c1-8(2)18-12(21)7-20-13(22)15(3,19-14(20)23)10-6-9(16)4-5-11(10)17/h4-6,8H,7H2,1-3H3,(H,18,21)(H,19,23). The van der Waals surface area contributed by atoms with Crippen molar-refractivity contribution in [2.24, 2.45) is 0 Å². The first-order chi connectivity index (χ1) is 10.6. The van der Waals surface area contributed by atoms with Crippen LogP contribution in [0.1, 0.15) is 26.3 Å². The minimum atomic E-state index is -1.76. The molecule has 0 saturated carbocycles. The SMILES string of the molecule is CC(C)NC(=O)CN1C(=O)NC(C)(c2cc(F)ccc2F)C1=O. The van der Waals surface area contributed by atoms with Gasteiger partial charge in [0.25, 0.3) is 5.91 Å². The number of rotatable bonds is 4. The van der Waals surface area contributed by atoms with Crippen molar-refractivity contribution in [2.45, 2.75) is 32.4 Å². The number of carbonyl (C=O) groups is 3. The average molecular weight is 325 g/mol. The molecule has 2 rings (SSSR count). The van der Waals surface area contributed by atoms with E-state index in [9.17, 15) is 23.2 Å². The molecule has 0 aromatic heterocycles. The Morgan fingerprint density at radius 3 is 2.61 bits per heavy atom. The van der Waals surface area contributed by atoms with Crippen LogP contribution in [0.25, 0.3) is 0 Å². The van der Waals surface area contributed by atoms with Gasteiger partial charge in [-0.15, -0.1) is 0 Å². The van der Waals surface area contributed by atoms with Gasteiger partial charge in [-0.2, -0.15) is 0 Å². The van der Waals surface area contributed by atoms with E-state index in [0.717, 1.165) is 18.2 Å². The lowest BCUT2D eigenvalue weighted by atomic mass is 9.91. The molecule has 0 bridgehead atoms. The first kappa shape index (κ1) is 16.9. The maximum absolute atomic E-state index is 14.0. The number of amides is 4. The second kappa shape index (κ2) is 5.94. The summed E-state index contributed by atoms with van der Waals surface area (Å²) in [6.07, 6.45) is 0. The van der Waals surface area contributed by atoms with Crippen molar-refractivity contribution in [3.05, 3.63) is 35.4 Å². The van der Waals surface area contributed by atoms with Gasteiger partial charge in [-0.1, -0.05) is 0 Å². The smallest absolute Gasteiger partial charge is 0.325 e. The first-order valence-corrected chi connectivity index (χ1v) is 7.04. The maximum Gasteiger partial charge on any atom is 0.325 e. The molecule has 1 aliphatic heterocycles. The lowest BCUT2D eigenvalue weighted by molar-refractivity contribution is -0.135. The number of imide groups is 1. The van der Waals surface area contributed by atoms with Crippen LogP contribution < -0.4 is 10.6 Å². The van der Waals surface area contributed by atoms with Crippen LogP contribution in [0.15, 0.2) is 18.2 Å². The van der Waals surface area contributed by atoms with Gasteiger partial charge in [-0.3, -0.25) is 14.5 Å². The molecule has 1 aromatic carbocycles. The highest BCUT2D eigenvalue weighted by molar-refractivity contribution is 6.09. The molecule has 4 amide bonds. The topological polar surface area (TPSA) is 78.5 Å². The van der Waals surface area contributed by atoms with Gasteiger partial charge >= 0.3 is 6.03 Å². The van der Waals surface area contributed by atoms with Gasteiger partial charge in [0.1, 0.15) is 23.7 Å². The van der Waals surface area contributed by atoms with Crippen LogP contribution in [0.3, 0.4) is 0 Å². The fourth-order valence-corrected chi connectivity index (χ4v) is 2.41. The average Bonchev–Trinajstić information content (AvgIpc) is 2.65. The van der Waals surface area contributed by atoms with Gasteiger partial charge in [-0.05, 0) is 39.0 Å². The Hall–Kier alpha value is -2.51. The van der Waals surface area contributed by atoms with Crippen molar-refractivity contribution in [2.75, 3.05) is 6.54 Å². The molecule has 1 heterocycles. The summed E-state index contributed by atoms with van der Waals surface area (Å²) in [5.41, 5.74) is -2.05. The van der Waals surface area contributed by atoms with Crippen LogP contribution in [0.2, 0.25) is 0 Å². The zero-order chi connectivity index (χ0) is 17.4. The quantitative estimate of drug-likeness (QED) is 0.818. The van der Waals surface area contributed by atoms with Crippen molar-refractivity contribution in [1.29, 1.82) is 0 Å². The van der Waals surface area contributed by atoms with E-state index in [-0.39, 0.29) is 11.6 Å². The Balaban J connectivity index is 2.29. The number of hydrogen-bond donors (Lipinski definition) is 2. The normalized spacial score (nSPS) is 20.9. The molecule has 1 fully saturated rings. The minimum absolute atomic E-state index is 0.157. The molecule has 0 aliphatic carbocycles. The molecule has 1 unspecified atom stereocenters. The fraction of sp³-hybridized carbons (Fsp3) is 0.400. The molecule has 2 N–H and O–H groups in total. The monoisotopic (exact) mass is 325 g/mol. The summed E-state index contributed by atoms with van der Waals surface area (Å²) in [5.74, 6) is -2.89. The summed E-state index contributed by atoms with van der Waals surface area (Å²) in [6, 6.07) is 1.65. The van der Waals surface area contributed by atoms with Crippen molar-refractivity contribution < 1.29 is 23.2 Å². The third kappa shape index (κ3) is 3.15. The first-order valence-electron chi connectivity index (χ1n) is 7.04. The fourth-order valence-electron chi connectivity index (χ4n) is 2.41. The van der Waals surface area contributed by atoms with Gasteiger partial charge in [-0.25, -0.2) is 13.6 Å². The predicted octanol–water partition coefficient (Wildman–Crippen LogP) is 1.26. The van der Waals surface area contributed by atoms with Crippen LogP contribution >= 0.6 is 0 Å². The van der Waals surface area contributed by atoms with Crippen molar-refractivity contribution in [3.8, 4) is 0 Å². The summed E-state index contributed by atoms with van der Waals surface area (Å²) < 4.78 is 27.3. The van der Waals surface area contributed by atoms with E-state index in [0.29, 0.717) is 4.90 Å². The van der Waals surface area contributed by atoms with Crippen LogP contribution in [0.5, 0.6) is 0 Å². The van der Waals surface area contributed by atoms with Gasteiger partial charge in [0.05, 0.1) is 0 Å². The van der Waals surface area contributed by atoms with Crippen molar-refractivity contribution >= 4 is 17.8 Å². The zero-order valence-corrected chi connectivity index (χ0v) is 12.9. The largest absolute Gasteiger partial charge is 0.352 e. The number of benzene rings is 1. The van der Waals surface area contributed by atoms with E-state index in [1.54, 1.807) is 13.8 Å². The number of hydrogen-bond acceptors (Lipinski definition) is 3. The molecule has 0 spiro atoms. The van der Waals surface area contributed by atoms with Crippen LogP contribution in [0.4, 0.5) is 13.6 Å². The lowest BCUT2D eigenvalue weighted by Crippen LogP contribution is -2.44. The van der Waals surface area contributed by atoms with Gasteiger partial charge < -0.3 is 10.6 Å². The van der Waals surface area contributed by atoms with E-state index < -0.39 is 41.6 Å². The molecule has 1 saturated heterocycles. The highest BCUT2D eigenvalue weighted by Crippen LogP contribution is 2.31. The van der Waals surface area contributed by atoms with Crippen molar-refractivity contribution in [1.82, 2.24) is 15.5 Å². The number of nitrogens with one attached hydrogen (secondary N) is 2. The molecule has 8 heteroatoms. The number of carbonyl (C=O) groups excluding carboxylic acids is 3. The molecule has 6 nitrogen and oxygen atoms in total. The Labute approximate surface area is 131 Å². The summed E-state index contributed by atoms with van der Waals surface area (Å²) in [5, 5.41) is 4.88. The van der Waals surface area contributed by atoms with E-state index in [1.807, 2.05) is 0 Å². The summed E-state index contributed by atoms with van der Waals surface area (Å²) in [6.45, 7) is 4.24. The second-order valence-electron chi connectivity index (χ2n) is 5.79. The zero-order valence-electron chi connectivity index (χ0n) is 12.9. The molecular formula is C15H17F2N3O3. The Bertz CT molecular complexity index is 678. The third-order valence-electron chi connectivity index (χ3n) is 3.49. The molecule has 0 radical (unpaired) electrons. The molecule has 1 atom stereocenters. The molecule has 1 aliphatic rings. The lowest BCUT2D eigenvalue weighted by Gasteiger charge is -2.22. The van der Waals surface area contributed by atoms with E-state index >= 15 is 0 Å². The van der Waals surface area contributed by atoms with Crippen LogP contribution in [0, 0.1) is 11.6 Å². The van der Waals surface area contributed by atoms with Crippen molar-refractivity contribution in [3.63, 3.8) is 0 Å². The molecule has 23 heavy (non-hydrogen) atoms. The second-order valence-corrected chi connectivity index (χ2v) is 5.79. The maximum atomic E-state index is 14.0. The molecule has 1 aromatic rings. The van der Waals surface area contributed by atoms with E-state index in [4.69, 9.17) is 0 Å². The van der Waals surface area contributed by atoms with Crippen LogP contribution in [-0.2, 0) is 15.1 Å². The predicted molar refractivity (Wildman–Crippen MR) is 77.2 cm³/mol.